The zero-order chi connectivity index (χ0) is 14.1. The van der Waals surface area contributed by atoms with Crippen LogP contribution in [0.2, 0.25) is 5.02 Å². The lowest BCUT2D eigenvalue weighted by Crippen LogP contribution is -2.00. The van der Waals surface area contributed by atoms with Gasteiger partial charge in [-0.15, -0.1) is 0 Å². The number of nitriles is 1. The highest BCUT2D eigenvalue weighted by molar-refractivity contribution is 6.35. The summed E-state index contributed by atoms with van der Waals surface area (Å²) in [7, 11) is 0. The summed E-state index contributed by atoms with van der Waals surface area (Å²) in [6.45, 7) is 0. The van der Waals surface area contributed by atoms with Crippen molar-refractivity contribution in [1.29, 1.82) is 5.26 Å². The van der Waals surface area contributed by atoms with Crippen molar-refractivity contribution in [2.75, 3.05) is 5.73 Å². The highest BCUT2D eigenvalue weighted by Crippen LogP contribution is 2.28. The van der Waals surface area contributed by atoms with Crippen molar-refractivity contribution < 1.29 is 0 Å². The zero-order valence-corrected chi connectivity index (χ0v) is 11.3. The van der Waals surface area contributed by atoms with Gasteiger partial charge in [-0.3, -0.25) is 4.57 Å². The van der Waals surface area contributed by atoms with Gasteiger partial charge < -0.3 is 5.73 Å². The van der Waals surface area contributed by atoms with Crippen LogP contribution in [-0.2, 0) is 6.42 Å². The first-order valence-corrected chi connectivity index (χ1v) is 6.47. The largest absolute Gasteiger partial charge is 0.369 e. The molecular weight excluding hydrogens is 272 g/mol. The summed E-state index contributed by atoms with van der Waals surface area (Å²) in [5.74, 6) is 0.390. The molecule has 3 aromatic rings. The van der Waals surface area contributed by atoms with Gasteiger partial charge in [-0.1, -0.05) is 29.8 Å². The van der Waals surface area contributed by atoms with E-state index in [1.807, 2.05) is 41.0 Å². The second kappa shape index (κ2) is 4.87. The van der Waals surface area contributed by atoms with Crippen molar-refractivity contribution in [2.45, 2.75) is 6.42 Å². The maximum absolute atomic E-state index is 8.69. The molecule has 3 rings (SSSR count). The first-order chi connectivity index (χ1) is 9.70. The number of nitrogen functional groups attached to an aromatic ring is 1. The normalized spacial score (nSPS) is 10.6. The Morgan fingerprint density at radius 2 is 1.95 bits per heavy atom. The third-order valence-electron chi connectivity index (χ3n) is 3.14. The van der Waals surface area contributed by atoms with E-state index < -0.39 is 0 Å². The molecule has 0 atom stereocenters. The molecule has 0 saturated carbocycles. The van der Waals surface area contributed by atoms with Gasteiger partial charge in [0, 0.05) is 5.69 Å². The number of benzene rings is 2. The molecule has 0 unspecified atom stereocenters. The van der Waals surface area contributed by atoms with E-state index in [9.17, 15) is 0 Å². The molecule has 1 aromatic heterocycles. The molecule has 0 aliphatic heterocycles. The number of para-hydroxylation sites is 1. The van der Waals surface area contributed by atoms with Crippen molar-refractivity contribution in [1.82, 2.24) is 9.55 Å². The molecule has 0 radical (unpaired) electrons. The van der Waals surface area contributed by atoms with Crippen molar-refractivity contribution in [3.8, 4) is 11.8 Å². The highest BCUT2D eigenvalue weighted by atomic mass is 35.5. The van der Waals surface area contributed by atoms with E-state index in [1.165, 1.54) is 0 Å². The Morgan fingerprint density at radius 3 is 2.65 bits per heavy atom. The maximum atomic E-state index is 8.69. The van der Waals surface area contributed by atoms with Gasteiger partial charge in [0.05, 0.1) is 23.0 Å². The summed E-state index contributed by atoms with van der Waals surface area (Å²) in [6, 6.07) is 15.4. The Bertz CT molecular complexity index is 812. The van der Waals surface area contributed by atoms with Gasteiger partial charge in [0.25, 0.3) is 0 Å². The predicted molar refractivity (Wildman–Crippen MR) is 79.8 cm³/mol. The molecule has 0 spiro atoms. The number of hydrogen-bond acceptors (Lipinski definition) is 3. The van der Waals surface area contributed by atoms with E-state index in [2.05, 4.69) is 11.1 Å². The van der Waals surface area contributed by atoms with E-state index in [-0.39, 0.29) is 0 Å². The third kappa shape index (κ3) is 1.98. The van der Waals surface area contributed by atoms with E-state index in [0.717, 1.165) is 16.8 Å². The molecule has 98 valence electrons. The minimum atomic E-state index is 0.390. The van der Waals surface area contributed by atoms with Gasteiger partial charge in [0.2, 0.25) is 5.95 Å². The lowest BCUT2D eigenvalue weighted by Gasteiger charge is -2.07. The number of nitrogens with two attached hydrogens (primary N) is 1. The Labute approximate surface area is 121 Å². The summed E-state index contributed by atoms with van der Waals surface area (Å²) < 4.78 is 1.84. The summed E-state index contributed by atoms with van der Waals surface area (Å²) in [6.07, 6.45) is 0.395. The van der Waals surface area contributed by atoms with Crippen LogP contribution in [0, 0.1) is 11.3 Å². The minimum Gasteiger partial charge on any atom is -0.369 e. The highest BCUT2D eigenvalue weighted by Gasteiger charge is 2.11. The SMILES string of the molecule is N#CCc1ccc(-n2c(N)nc3c(Cl)cccc32)cc1. The molecular formula is C15H11ClN4. The second-order valence-electron chi connectivity index (χ2n) is 4.41. The Morgan fingerprint density at radius 1 is 1.20 bits per heavy atom. The fraction of sp³-hybridized carbons (Fsp3) is 0.0667. The number of halogens is 1. The fourth-order valence-electron chi connectivity index (χ4n) is 2.21. The van der Waals surface area contributed by atoms with Crippen molar-refractivity contribution in [2.24, 2.45) is 0 Å². The molecule has 1 heterocycles. The van der Waals surface area contributed by atoms with Crippen LogP contribution in [0.5, 0.6) is 0 Å². The quantitative estimate of drug-likeness (QED) is 0.784. The second-order valence-corrected chi connectivity index (χ2v) is 4.82. The fourth-order valence-corrected chi connectivity index (χ4v) is 2.42. The van der Waals surface area contributed by atoms with E-state index in [1.54, 1.807) is 6.07 Å². The molecule has 2 aromatic carbocycles. The Hall–Kier alpha value is -2.51. The average molecular weight is 283 g/mol. The third-order valence-corrected chi connectivity index (χ3v) is 3.44. The minimum absolute atomic E-state index is 0.390. The number of aromatic nitrogens is 2. The zero-order valence-electron chi connectivity index (χ0n) is 10.5. The van der Waals surface area contributed by atoms with Crippen LogP contribution in [0.25, 0.3) is 16.7 Å². The smallest absolute Gasteiger partial charge is 0.205 e. The van der Waals surface area contributed by atoms with Crippen LogP contribution in [0.1, 0.15) is 5.56 Å². The first-order valence-electron chi connectivity index (χ1n) is 6.09. The number of imidazole rings is 1. The summed E-state index contributed by atoms with van der Waals surface area (Å²) in [4.78, 5) is 4.30. The number of anilines is 1. The van der Waals surface area contributed by atoms with Crippen LogP contribution in [0.15, 0.2) is 42.5 Å². The predicted octanol–water partition coefficient (Wildman–Crippen LogP) is 3.33. The number of hydrogen-bond donors (Lipinski definition) is 1. The standard InChI is InChI=1S/C15H11ClN4/c16-12-2-1-3-13-14(12)19-15(18)20(13)11-6-4-10(5-7-11)8-9-17/h1-7H,8H2,(H2,18,19). The van der Waals surface area contributed by atoms with Crippen LogP contribution in [0.3, 0.4) is 0 Å². The molecule has 0 saturated heterocycles. The van der Waals surface area contributed by atoms with Crippen molar-refractivity contribution in [3.05, 3.63) is 53.1 Å². The molecule has 5 heteroatoms. The first kappa shape index (κ1) is 12.5. The van der Waals surface area contributed by atoms with Crippen molar-refractivity contribution >= 4 is 28.6 Å². The molecule has 0 aliphatic rings. The summed E-state index contributed by atoms with van der Waals surface area (Å²) >= 11 is 6.13. The number of fused-ring (bicyclic) bond motifs is 1. The number of nitrogens with zero attached hydrogens (tertiary/aromatic N) is 3. The van der Waals surface area contributed by atoms with Gasteiger partial charge in [-0.25, -0.2) is 4.98 Å². The van der Waals surface area contributed by atoms with Crippen LogP contribution >= 0.6 is 11.6 Å². The Kier molecular flexibility index (Phi) is 3.05. The molecule has 0 amide bonds. The monoisotopic (exact) mass is 282 g/mol. The van der Waals surface area contributed by atoms with Crippen LogP contribution < -0.4 is 5.73 Å². The Balaban J connectivity index is 2.17. The van der Waals surface area contributed by atoms with E-state index >= 15 is 0 Å². The van der Waals surface area contributed by atoms with Gasteiger partial charge in [0.15, 0.2) is 0 Å². The topological polar surface area (TPSA) is 67.6 Å². The molecule has 0 fully saturated rings. The lowest BCUT2D eigenvalue weighted by atomic mass is 10.1. The van der Waals surface area contributed by atoms with E-state index in [4.69, 9.17) is 22.6 Å². The van der Waals surface area contributed by atoms with E-state index in [0.29, 0.717) is 22.9 Å². The summed E-state index contributed by atoms with van der Waals surface area (Å²) in [5, 5.41) is 9.27. The average Bonchev–Trinajstić information content (AvgIpc) is 2.78. The number of rotatable bonds is 2. The van der Waals surface area contributed by atoms with Crippen molar-refractivity contribution in [3.63, 3.8) is 0 Å². The summed E-state index contributed by atoms with van der Waals surface area (Å²) in [5.41, 5.74) is 9.41. The molecule has 0 bridgehead atoms. The van der Waals surface area contributed by atoms with Gasteiger partial charge in [-0.2, -0.15) is 5.26 Å². The maximum Gasteiger partial charge on any atom is 0.205 e. The van der Waals surface area contributed by atoms with Gasteiger partial charge >= 0.3 is 0 Å². The van der Waals surface area contributed by atoms with Gasteiger partial charge in [-0.05, 0) is 29.8 Å². The van der Waals surface area contributed by atoms with Crippen LogP contribution in [-0.4, -0.2) is 9.55 Å². The molecule has 0 aliphatic carbocycles. The van der Waals surface area contributed by atoms with Crippen LogP contribution in [0.4, 0.5) is 5.95 Å². The molecule has 20 heavy (non-hydrogen) atoms. The molecule has 4 nitrogen and oxygen atoms in total. The molecule has 2 N–H and O–H groups in total. The van der Waals surface area contributed by atoms with Gasteiger partial charge in [0.1, 0.15) is 5.52 Å². The lowest BCUT2D eigenvalue weighted by molar-refractivity contribution is 1.10.